The highest BCUT2D eigenvalue weighted by atomic mass is 35.5. The van der Waals surface area contributed by atoms with Gasteiger partial charge in [0.2, 0.25) is 5.91 Å². The summed E-state index contributed by atoms with van der Waals surface area (Å²) in [7, 11) is 0. The molecule has 4 rings (SSSR count). The summed E-state index contributed by atoms with van der Waals surface area (Å²) in [6.07, 6.45) is 2.02. The van der Waals surface area contributed by atoms with Gasteiger partial charge in [0.15, 0.2) is 0 Å². The lowest BCUT2D eigenvalue weighted by atomic mass is 10.1. The number of morpholine rings is 1. The van der Waals surface area contributed by atoms with E-state index in [9.17, 15) is 9.59 Å². The molecule has 1 aliphatic carbocycles. The lowest BCUT2D eigenvalue weighted by molar-refractivity contribution is -0.114. The summed E-state index contributed by atoms with van der Waals surface area (Å²) in [6.45, 7) is 2.96. The number of para-hydroxylation sites is 1. The van der Waals surface area contributed by atoms with Crippen LogP contribution >= 0.6 is 11.6 Å². The van der Waals surface area contributed by atoms with Crippen LogP contribution < -0.4 is 20.9 Å². The van der Waals surface area contributed by atoms with Crippen LogP contribution in [-0.4, -0.2) is 50.7 Å². The fourth-order valence-corrected chi connectivity index (χ4v) is 3.55. The Bertz CT molecular complexity index is 926. The Labute approximate surface area is 180 Å². The van der Waals surface area contributed by atoms with Crippen molar-refractivity contribution in [2.45, 2.75) is 18.9 Å². The molecule has 3 N–H and O–H groups in total. The van der Waals surface area contributed by atoms with Crippen molar-refractivity contribution in [2.24, 2.45) is 0 Å². The molecule has 0 atom stereocenters. The number of nitrogens with zero attached hydrogens (tertiary/aromatic N) is 1. The smallest absolute Gasteiger partial charge is 0.253 e. The van der Waals surface area contributed by atoms with Crippen LogP contribution in [0.1, 0.15) is 23.2 Å². The van der Waals surface area contributed by atoms with Gasteiger partial charge < -0.3 is 25.6 Å². The minimum absolute atomic E-state index is 0.0518. The number of ether oxygens (including phenoxy) is 1. The Morgan fingerprint density at radius 1 is 1.07 bits per heavy atom. The number of benzene rings is 2. The second kappa shape index (κ2) is 9.36. The number of amides is 2. The van der Waals surface area contributed by atoms with Crippen LogP contribution in [0.15, 0.2) is 42.5 Å². The molecule has 0 aromatic heterocycles. The molecule has 2 aromatic carbocycles. The molecule has 2 fully saturated rings. The van der Waals surface area contributed by atoms with Gasteiger partial charge in [-0.15, -0.1) is 0 Å². The molecule has 1 saturated carbocycles. The second-order valence-corrected chi connectivity index (χ2v) is 7.89. The topological polar surface area (TPSA) is 82.7 Å². The van der Waals surface area contributed by atoms with Gasteiger partial charge in [0.05, 0.1) is 42.4 Å². The fourth-order valence-electron chi connectivity index (χ4n) is 3.38. The predicted molar refractivity (Wildman–Crippen MR) is 119 cm³/mol. The maximum Gasteiger partial charge on any atom is 0.253 e. The van der Waals surface area contributed by atoms with E-state index < -0.39 is 0 Å². The first kappa shape index (κ1) is 20.5. The Morgan fingerprint density at radius 2 is 1.83 bits per heavy atom. The average Bonchev–Trinajstić information content (AvgIpc) is 3.57. The number of carbonyl (C=O) groups is 2. The Hall–Kier alpha value is -2.77. The zero-order valence-corrected chi connectivity index (χ0v) is 17.4. The molecule has 0 bridgehead atoms. The first-order chi connectivity index (χ1) is 14.6. The van der Waals surface area contributed by atoms with Crippen molar-refractivity contribution in [3.8, 4) is 0 Å². The number of rotatable bonds is 7. The molecule has 0 spiro atoms. The first-order valence-corrected chi connectivity index (χ1v) is 10.5. The van der Waals surface area contributed by atoms with Crippen LogP contribution in [-0.2, 0) is 9.53 Å². The zero-order valence-electron chi connectivity index (χ0n) is 16.6. The largest absolute Gasteiger partial charge is 0.378 e. The van der Waals surface area contributed by atoms with Gasteiger partial charge in [-0.05, 0) is 43.2 Å². The van der Waals surface area contributed by atoms with Crippen LogP contribution in [0.2, 0.25) is 5.02 Å². The monoisotopic (exact) mass is 428 g/mol. The molecule has 0 radical (unpaired) electrons. The molecule has 7 nitrogen and oxygen atoms in total. The van der Waals surface area contributed by atoms with Crippen LogP contribution in [0.5, 0.6) is 0 Å². The molecular weight excluding hydrogens is 404 g/mol. The van der Waals surface area contributed by atoms with Crippen molar-refractivity contribution in [3.05, 3.63) is 53.1 Å². The highest BCUT2D eigenvalue weighted by molar-refractivity contribution is 6.31. The normalized spacial score (nSPS) is 16.1. The standard InChI is InChI=1S/C22H25ClN4O3/c23-15-5-8-20(27-9-11-30-12-10-27)19(13-15)24-14-21(28)26-18-4-2-1-3-17(18)22(29)25-16-6-7-16/h1-5,8,13,16,24H,6-7,9-12,14H2,(H,25,29)(H,26,28). The molecule has 8 heteroatoms. The predicted octanol–water partition coefficient (Wildman–Crippen LogP) is 3.12. The van der Waals surface area contributed by atoms with Crippen LogP contribution in [0.4, 0.5) is 17.1 Å². The summed E-state index contributed by atoms with van der Waals surface area (Å²) in [4.78, 5) is 27.2. The van der Waals surface area contributed by atoms with E-state index in [2.05, 4.69) is 20.9 Å². The number of nitrogens with one attached hydrogen (secondary N) is 3. The van der Waals surface area contributed by atoms with Gasteiger partial charge in [-0.25, -0.2) is 0 Å². The lowest BCUT2D eigenvalue weighted by Gasteiger charge is -2.30. The number of carbonyl (C=O) groups excluding carboxylic acids is 2. The van der Waals surface area contributed by atoms with Gasteiger partial charge in [0, 0.05) is 24.2 Å². The Morgan fingerprint density at radius 3 is 2.60 bits per heavy atom. The van der Waals surface area contributed by atoms with Crippen LogP contribution in [0.25, 0.3) is 0 Å². The summed E-state index contributed by atoms with van der Waals surface area (Å²) in [5, 5.41) is 9.57. The number of halogens is 1. The summed E-state index contributed by atoms with van der Waals surface area (Å²) in [5.41, 5.74) is 2.75. The van der Waals surface area contributed by atoms with Crippen molar-refractivity contribution >= 4 is 40.5 Å². The molecule has 1 heterocycles. The van der Waals surface area contributed by atoms with Crippen LogP contribution in [0, 0.1) is 0 Å². The zero-order chi connectivity index (χ0) is 20.9. The quantitative estimate of drug-likeness (QED) is 0.631. The van der Waals surface area contributed by atoms with E-state index in [1.807, 2.05) is 18.2 Å². The van der Waals surface area contributed by atoms with E-state index in [0.29, 0.717) is 29.5 Å². The van der Waals surface area contributed by atoms with E-state index in [0.717, 1.165) is 37.3 Å². The second-order valence-electron chi connectivity index (χ2n) is 7.46. The van der Waals surface area contributed by atoms with E-state index in [1.54, 1.807) is 24.3 Å². The lowest BCUT2D eigenvalue weighted by Crippen LogP contribution is -2.36. The van der Waals surface area contributed by atoms with Gasteiger partial charge in [-0.1, -0.05) is 23.7 Å². The number of hydrogen-bond acceptors (Lipinski definition) is 5. The third-order valence-corrected chi connectivity index (χ3v) is 5.34. The molecule has 158 valence electrons. The van der Waals surface area contributed by atoms with Crippen molar-refractivity contribution < 1.29 is 14.3 Å². The summed E-state index contributed by atoms with van der Waals surface area (Å²) >= 11 is 6.17. The fraction of sp³-hybridized carbons (Fsp3) is 0.364. The van der Waals surface area contributed by atoms with E-state index >= 15 is 0 Å². The van der Waals surface area contributed by atoms with Gasteiger partial charge in [0.25, 0.3) is 5.91 Å². The van der Waals surface area contributed by atoms with Crippen molar-refractivity contribution in [3.63, 3.8) is 0 Å². The molecular formula is C22H25ClN4O3. The molecule has 2 aliphatic rings. The third kappa shape index (κ3) is 5.23. The number of hydrogen-bond donors (Lipinski definition) is 3. The SMILES string of the molecule is O=C(CNc1cc(Cl)ccc1N1CCOCC1)Nc1ccccc1C(=O)NC1CC1. The maximum absolute atomic E-state index is 12.6. The Balaban J connectivity index is 1.41. The van der Waals surface area contributed by atoms with Crippen LogP contribution in [0.3, 0.4) is 0 Å². The first-order valence-electron chi connectivity index (χ1n) is 10.2. The highest BCUT2D eigenvalue weighted by Crippen LogP contribution is 2.30. The minimum Gasteiger partial charge on any atom is -0.378 e. The minimum atomic E-state index is -0.241. The van der Waals surface area contributed by atoms with E-state index in [1.165, 1.54) is 0 Å². The third-order valence-electron chi connectivity index (χ3n) is 5.11. The van der Waals surface area contributed by atoms with E-state index in [-0.39, 0.29) is 24.4 Å². The summed E-state index contributed by atoms with van der Waals surface area (Å²) in [5.74, 6) is -0.402. The maximum atomic E-state index is 12.6. The molecule has 30 heavy (non-hydrogen) atoms. The number of anilines is 3. The summed E-state index contributed by atoms with van der Waals surface area (Å²) in [6, 6.07) is 12.9. The molecule has 2 aromatic rings. The molecule has 2 amide bonds. The van der Waals surface area contributed by atoms with Gasteiger partial charge in [-0.3, -0.25) is 9.59 Å². The van der Waals surface area contributed by atoms with Gasteiger partial charge in [-0.2, -0.15) is 0 Å². The average molecular weight is 429 g/mol. The molecule has 1 aliphatic heterocycles. The van der Waals surface area contributed by atoms with Gasteiger partial charge >= 0.3 is 0 Å². The van der Waals surface area contributed by atoms with Crippen molar-refractivity contribution in [1.82, 2.24) is 5.32 Å². The highest BCUT2D eigenvalue weighted by Gasteiger charge is 2.25. The molecule has 0 unspecified atom stereocenters. The Kier molecular flexibility index (Phi) is 6.40. The van der Waals surface area contributed by atoms with Gasteiger partial charge in [0.1, 0.15) is 0 Å². The van der Waals surface area contributed by atoms with E-state index in [4.69, 9.17) is 16.3 Å². The molecule has 1 saturated heterocycles. The summed E-state index contributed by atoms with van der Waals surface area (Å²) < 4.78 is 5.42. The van der Waals surface area contributed by atoms with Crippen molar-refractivity contribution in [2.75, 3.05) is 48.4 Å². The van der Waals surface area contributed by atoms with Crippen molar-refractivity contribution in [1.29, 1.82) is 0 Å².